The first kappa shape index (κ1) is 47.9. The average Bonchev–Trinajstić information content (AvgIpc) is 3.02. The fraction of sp³-hybridized carbons (Fsp3) is 1.00. The van der Waals surface area contributed by atoms with Crippen LogP contribution in [0.3, 0.4) is 0 Å². The van der Waals surface area contributed by atoms with Crippen LogP contribution in [0.5, 0.6) is 0 Å². The Morgan fingerprint density at radius 2 is 1.04 bits per heavy atom. The molecule has 0 spiro atoms. The summed E-state index contributed by atoms with van der Waals surface area (Å²) in [6.07, 6.45) is 23.9. The minimum absolute atomic E-state index is 0. The predicted octanol–water partition coefficient (Wildman–Crippen LogP) is 13.3. The van der Waals surface area contributed by atoms with Crippen molar-refractivity contribution in [1.82, 2.24) is 0 Å². The molecule has 3 heteroatoms. The largest absolute Gasteiger partial charge is 0.393 e. The van der Waals surface area contributed by atoms with Gasteiger partial charge in [-0.25, -0.2) is 0 Å². The lowest BCUT2D eigenvalue weighted by molar-refractivity contribution is -0.0190. The molecule has 4 saturated carbocycles. The summed E-state index contributed by atoms with van der Waals surface area (Å²) in [5.74, 6) is 7.65. The zero-order valence-corrected chi connectivity index (χ0v) is 34.1. The highest BCUT2D eigenvalue weighted by molar-refractivity contribution is 4.87. The minimum atomic E-state index is -0.357. The third-order valence-electron chi connectivity index (χ3n) is 14.0. The fourth-order valence-electron chi connectivity index (χ4n) is 8.84. The van der Waals surface area contributed by atoms with Crippen molar-refractivity contribution in [2.24, 2.45) is 58.7 Å². The van der Waals surface area contributed by atoms with Gasteiger partial charge in [0.05, 0.1) is 17.8 Å². The van der Waals surface area contributed by atoms with Crippen LogP contribution < -0.4 is 0 Å². The number of hydrogen-bond donors (Lipinski definition) is 3. The lowest BCUT2D eigenvalue weighted by atomic mass is 9.67. The topological polar surface area (TPSA) is 60.7 Å². The maximum absolute atomic E-state index is 9.95. The van der Waals surface area contributed by atoms with Gasteiger partial charge in [0.1, 0.15) is 0 Å². The summed E-state index contributed by atoms with van der Waals surface area (Å²) in [7, 11) is 0. The smallest absolute Gasteiger partial charge is 0.0620 e. The molecular formula is C45H92O3. The Balaban J connectivity index is 0.000000611. The Hall–Kier alpha value is -0.120. The van der Waals surface area contributed by atoms with Crippen molar-refractivity contribution in [2.75, 3.05) is 0 Å². The van der Waals surface area contributed by atoms with Gasteiger partial charge in [-0.1, -0.05) is 141 Å². The number of rotatable bonds is 8. The molecule has 0 radical (unpaired) electrons. The standard InChI is InChI=1S/C12H24O.C11H22O.C11H22.C10H20O.CH4/c1-5-9(2)10-6-7-12(3,4)11(13)8-10;1-4-9(2)10-5-7-11(3,12)8-6-10;1-4-5-11-7-6-9(2)10(3)8-11;1-3-4-9-6-5-8(2)10(11)7-9;/h9-11,13H,5-8H2,1-4H3;9-10,12H,4-8H2,1-3H3;9-11H,4-8H2,1-3H3;8-11H,3-7H2,1-2H3;1H4. The summed E-state index contributed by atoms with van der Waals surface area (Å²) in [5, 5.41) is 29.3. The van der Waals surface area contributed by atoms with Gasteiger partial charge in [-0.15, -0.1) is 0 Å². The van der Waals surface area contributed by atoms with Gasteiger partial charge >= 0.3 is 0 Å². The van der Waals surface area contributed by atoms with E-state index in [1.165, 1.54) is 96.3 Å². The first-order valence-electron chi connectivity index (χ1n) is 21.1. The number of hydrogen-bond acceptors (Lipinski definition) is 3. The van der Waals surface area contributed by atoms with E-state index in [0.29, 0.717) is 5.92 Å². The summed E-state index contributed by atoms with van der Waals surface area (Å²) in [5.41, 5.74) is -0.200. The molecule has 0 bridgehead atoms. The van der Waals surface area contributed by atoms with Crippen LogP contribution in [0.2, 0.25) is 0 Å². The van der Waals surface area contributed by atoms with Crippen molar-refractivity contribution < 1.29 is 15.3 Å². The Bertz CT molecular complexity index is 738. The van der Waals surface area contributed by atoms with Crippen LogP contribution in [0, 0.1) is 58.7 Å². The van der Waals surface area contributed by atoms with Gasteiger partial charge in [-0.3, -0.25) is 0 Å². The highest BCUT2D eigenvalue weighted by Crippen LogP contribution is 2.42. The van der Waals surface area contributed by atoms with E-state index in [1.807, 2.05) is 6.92 Å². The van der Waals surface area contributed by atoms with Gasteiger partial charge in [-0.2, -0.15) is 0 Å². The van der Waals surface area contributed by atoms with E-state index < -0.39 is 0 Å². The summed E-state index contributed by atoms with van der Waals surface area (Å²) >= 11 is 0. The summed E-state index contributed by atoms with van der Waals surface area (Å²) < 4.78 is 0. The zero-order valence-electron chi connectivity index (χ0n) is 34.1. The molecule has 10 atom stereocenters. The Morgan fingerprint density at radius 3 is 1.48 bits per heavy atom. The predicted molar refractivity (Wildman–Crippen MR) is 213 cm³/mol. The molecule has 0 aromatic rings. The Kier molecular flexibility index (Phi) is 24.1. The maximum Gasteiger partial charge on any atom is 0.0620 e. The molecule has 10 unspecified atom stereocenters. The molecule has 4 fully saturated rings. The van der Waals surface area contributed by atoms with E-state index in [2.05, 4.69) is 76.2 Å². The SMILES string of the molecule is C.CCC(C)C1CCC(C)(C)C(O)C1.CCC(C)C1CCC(C)(O)CC1.CCCC1CCC(C)C(C)C1.CCCC1CCC(C)C(O)C1. The van der Waals surface area contributed by atoms with Crippen LogP contribution in [0.15, 0.2) is 0 Å². The molecule has 0 aromatic heterocycles. The van der Waals surface area contributed by atoms with Crippen molar-refractivity contribution in [3.05, 3.63) is 0 Å². The molecular weight excluding hydrogens is 588 g/mol. The lowest BCUT2D eigenvalue weighted by Gasteiger charge is -2.41. The molecule has 0 heterocycles. The second kappa shape index (κ2) is 24.2. The van der Waals surface area contributed by atoms with Crippen LogP contribution >= 0.6 is 0 Å². The summed E-state index contributed by atoms with van der Waals surface area (Å²) in [6.45, 7) is 27.0. The van der Waals surface area contributed by atoms with Crippen molar-refractivity contribution in [3.8, 4) is 0 Å². The summed E-state index contributed by atoms with van der Waals surface area (Å²) in [4.78, 5) is 0. The Morgan fingerprint density at radius 1 is 0.583 bits per heavy atom. The van der Waals surface area contributed by atoms with Gasteiger partial charge < -0.3 is 15.3 Å². The minimum Gasteiger partial charge on any atom is -0.393 e. The fourth-order valence-corrected chi connectivity index (χ4v) is 8.84. The van der Waals surface area contributed by atoms with E-state index in [-0.39, 0.29) is 30.7 Å². The molecule has 48 heavy (non-hydrogen) atoms. The molecule has 0 saturated heterocycles. The second-order valence-corrected chi connectivity index (χ2v) is 18.6. The molecule has 0 aliphatic heterocycles. The molecule has 0 aromatic carbocycles. The van der Waals surface area contributed by atoms with E-state index in [0.717, 1.165) is 73.0 Å². The third kappa shape index (κ3) is 17.9. The van der Waals surface area contributed by atoms with Gasteiger partial charge in [-0.05, 0) is 130 Å². The summed E-state index contributed by atoms with van der Waals surface area (Å²) in [6, 6.07) is 0. The number of aliphatic hydroxyl groups excluding tert-OH is 2. The van der Waals surface area contributed by atoms with Crippen LogP contribution in [0.1, 0.15) is 213 Å². The Labute approximate surface area is 303 Å². The van der Waals surface area contributed by atoms with Crippen molar-refractivity contribution in [1.29, 1.82) is 0 Å². The van der Waals surface area contributed by atoms with Crippen molar-refractivity contribution in [3.63, 3.8) is 0 Å². The molecule has 4 rings (SSSR count). The second-order valence-electron chi connectivity index (χ2n) is 18.6. The van der Waals surface area contributed by atoms with Crippen LogP contribution in [-0.2, 0) is 0 Å². The number of aliphatic hydroxyl groups is 3. The third-order valence-corrected chi connectivity index (χ3v) is 14.0. The van der Waals surface area contributed by atoms with E-state index >= 15 is 0 Å². The first-order chi connectivity index (χ1) is 22.0. The molecule has 3 nitrogen and oxygen atoms in total. The van der Waals surface area contributed by atoms with Gasteiger partial charge in [0, 0.05) is 0 Å². The lowest BCUT2D eigenvalue weighted by Crippen LogP contribution is -2.37. The van der Waals surface area contributed by atoms with E-state index in [1.54, 1.807) is 0 Å². The van der Waals surface area contributed by atoms with E-state index in [9.17, 15) is 15.3 Å². The van der Waals surface area contributed by atoms with Gasteiger partial charge in [0.25, 0.3) is 0 Å². The molecule has 4 aliphatic rings. The normalized spacial score (nSPS) is 37.4. The van der Waals surface area contributed by atoms with Crippen LogP contribution in [-0.4, -0.2) is 33.1 Å². The maximum atomic E-state index is 9.95. The van der Waals surface area contributed by atoms with Crippen molar-refractivity contribution in [2.45, 2.75) is 230 Å². The zero-order chi connectivity index (χ0) is 35.8. The van der Waals surface area contributed by atoms with Crippen molar-refractivity contribution >= 4 is 0 Å². The van der Waals surface area contributed by atoms with E-state index in [4.69, 9.17) is 0 Å². The van der Waals surface area contributed by atoms with Crippen LogP contribution in [0.25, 0.3) is 0 Å². The van der Waals surface area contributed by atoms with Crippen LogP contribution in [0.4, 0.5) is 0 Å². The molecule has 3 N–H and O–H groups in total. The average molecular weight is 681 g/mol. The highest BCUT2D eigenvalue weighted by atomic mass is 16.3. The van der Waals surface area contributed by atoms with Gasteiger partial charge in [0.15, 0.2) is 0 Å². The monoisotopic (exact) mass is 681 g/mol. The molecule has 4 aliphatic carbocycles. The molecule has 0 amide bonds. The first-order valence-corrected chi connectivity index (χ1v) is 21.1. The highest BCUT2D eigenvalue weighted by Gasteiger charge is 2.36. The quantitative estimate of drug-likeness (QED) is 0.239. The van der Waals surface area contributed by atoms with Gasteiger partial charge in [0.2, 0.25) is 0 Å². The molecule has 290 valence electrons.